The number of phenols is 1. The van der Waals surface area contributed by atoms with Gasteiger partial charge in [-0.15, -0.1) is 0 Å². The van der Waals surface area contributed by atoms with E-state index in [9.17, 15) is 4.79 Å². The van der Waals surface area contributed by atoms with Gasteiger partial charge in [0.1, 0.15) is 5.75 Å². The molecule has 0 saturated heterocycles. The highest BCUT2D eigenvalue weighted by atomic mass is 16.3. The average molecular weight is 261 g/mol. The van der Waals surface area contributed by atoms with E-state index in [1.165, 1.54) is 0 Å². The lowest BCUT2D eigenvalue weighted by Gasteiger charge is -2.18. The minimum Gasteiger partial charge on any atom is -0.508 e. The van der Waals surface area contributed by atoms with Gasteiger partial charge in [-0.05, 0) is 38.0 Å². The highest BCUT2D eigenvalue weighted by Crippen LogP contribution is 2.12. The first-order valence-electron chi connectivity index (χ1n) is 6.06. The summed E-state index contributed by atoms with van der Waals surface area (Å²) in [6.45, 7) is 3.77. The molecule has 5 nitrogen and oxygen atoms in total. The molecule has 0 fully saturated rings. The van der Waals surface area contributed by atoms with Gasteiger partial charge >= 0.3 is 0 Å². The highest BCUT2D eigenvalue weighted by molar-refractivity contribution is 5.81. The molecule has 1 atom stereocenters. The van der Waals surface area contributed by atoms with Crippen molar-refractivity contribution in [3.05, 3.63) is 29.8 Å². The van der Waals surface area contributed by atoms with Crippen LogP contribution in [0.25, 0.3) is 0 Å². The van der Waals surface area contributed by atoms with Gasteiger partial charge in [-0.25, -0.2) is 0 Å². The Kier molecular flexibility index (Phi) is 4.90. The largest absolute Gasteiger partial charge is 0.508 e. The molecular weight excluding hydrogens is 242 g/mol. The van der Waals surface area contributed by atoms with Crippen LogP contribution in [0, 0.1) is 16.7 Å². The summed E-state index contributed by atoms with van der Waals surface area (Å²) in [6.07, 6.45) is 0.388. The lowest BCUT2D eigenvalue weighted by atomic mass is 9.96. The van der Waals surface area contributed by atoms with E-state index in [4.69, 9.17) is 16.1 Å². The second-order valence-corrected chi connectivity index (χ2v) is 5.19. The summed E-state index contributed by atoms with van der Waals surface area (Å²) in [5.74, 6) is -0.103. The number of rotatable bonds is 5. The van der Waals surface area contributed by atoms with Crippen LogP contribution in [0.15, 0.2) is 24.3 Å². The first-order valence-corrected chi connectivity index (χ1v) is 6.06. The fourth-order valence-electron chi connectivity index (χ4n) is 1.46. The Labute approximate surface area is 113 Å². The van der Waals surface area contributed by atoms with Crippen LogP contribution in [0.1, 0.15) is 19.4 Å². The second kappa shape index (κ2) is 6.21. The van der Waals surface area contributed by atoms with Crippen molar-refractivity contribution in [2.24, 2.45) is 11.1 Å². The van der Waals surface area contributed by atoms with E-state index in [2.05, 4.69) is 11.4 Å². The van der Waals surface area contributed by atoms with Crippen molar-refractivity contribution in [3.8, 4) is 11.8 Å². The Morgan fingerprint density at radius 3 is 2.58 bits per heavy atom. The third-order valence-electron chi connectivity index (χ3n) is 2.74. The van der Waals surface area contributed by atoms with Crippen molar-refractivity contribution in [2.75, 3.05) is 6.54 Å². The Morgan fingerprint density at radius 2 is 2.05 bits per heavy atom. The van der Waals surface area contributed by atoms with Crippen LogP contribution in [0.5, 0.6) is 5.75 Å². The minimum absolute atomic E-state index is 0.178. The number of nitrogens with zero attached hydrogens (tertiary/aromatic N) is 1. The van der Waals surface area contributed by atoms with Crippen molar-refractivity contribution in [1.29, 1.82) is 5.26 Å². The predicted octanol–water partition coefficient (Wildman–Crippen LogP) is 0.928. The number of carbonyl (C=O) groups is 1. The zero-order valence-corrected chi connectivity index (χ0v) is 11.2. The summed E-state index contributed by atoms with van der Waals surface area (Å²) in [4.78, 5) is 11.8. The summed E-state index contributed by atoms with van der Waals surface area (Å²) < 4.78 is 0. The van der Waals surface area contributed by atoms with E-state index in [1.807, 2.05) is 0 Å². The fourth-order valence-corrected chi connectivity index (χ4v) is 1.46. The van der Waals surface area contributed by atoms with Crippen LogP contribution in [-0.4, -0.2) is 23.6 Å². The summed E-state index contributed by atoms with van der Waals surface area (Å²) in [5.41, 5.74) is 6.07. The first kappa shape index (κ1) is 15.0. The van der Waals surface area contributed by atoms with Crippen LogP contribution >= 0.6 is 0 Å². The molecule has 0 bridgehead atoms. The maximum atomic E-state index is 11.8. The van der Waals surface area contributed by atoms with Gasteiger partial charge in [0, 0.05) is 6.54 Å². The van der Waals surface area contributed by atoms with Crippen LogP contribution in [0.4, 0.5) is 0 Å². The summed E-state index contributed by atoms with van der Waals surface area (Å²) in [7, 11) is 0. The van der Waals surface area contributed by atoms with Gasteiger partial charge < -0.3 is 16.2 Å². The molecule has 19 heavy (non-hydrogen) atoms. The van der Waals surface area contributed by atoms with Gasteiger partial charge in [0.25, 0.3) is 0 Å². The molecule has 1 aromatic carbocycles. The first-order chi connectivity index (χ1) is 8.84. The fraction of sp³-hybridized carbons (Fsp3) is 0.429. The standard InChI is InChI=1S/C14H19N3O2/c1-14(2,8-15)9-17-13(19)12(16)7-10-3-5-11(18)6-4-10/h3-6,12,18H,7,9,16H2,1-2H3,(H,17,19)/t12-/m1/s1. The quantitative estimate of drug-likeness (QED) is 0.734. The number of carbonyl (C=O) groups excluding carboxylic acids is 1. The SMILES string of the molecule is CC(C)(C#N)CNC(=O)[C@H](N)Cc1ccc(O)cc1. The van der Waals surface area contributed by atoms with Gasteiger partial charge in [-0.1, -0.05) is 12.1 Å². The van der Waals surface area contributed by atoms with Crippen molar-refractivity contribution in [2.45, 2.75) is 26.3 Å². The molecule has 102 valence electrons. The normalized spacial score (nSPS) is 12.5. The van der Waals surface area contributed by atoms with E-state index in [0.717, 1.165) is 5.56 Å². The number of amides is 1. The van der Waals surface area contributed by atoms with E-state index in [1.54, 1.807) is 38.1 Å². The zero-order valence-electron chi connectivity index (χ0n) is 11.2. The van der Waals surface area contributed by atoms with Gasteiger partial charge in [-0.2, -0.15) is 5.26 Å². The van der Waals surface area contributed by atoms with Gasteiger partial charge in [0.05, 0.1) is 17.5 Å². The van der Waals surface area contributed by atoms with Crippen molar-refractivity contribution in [1.82, 2.24) is 5.32 Å². The molecule has 5 heteroatoms. The van der Waals surface area contributed by atoms with Crippen LogP contribution in [-0.2, 0) is 11.2 Å². The molecular formula is C14H19N3O2. The zero-order chi connectivity index (χ0) is 14.5. The predicted molar refractivity (Wildman–Crippen MR) is 72.2 cm³/mol. The highest BCUT2D eigenvalue weighted by Gasteiger charge is 2.20. The molecule has 0 heterocycles. The number of aromatic hydroxyl groups is 1. The summed E-state index contributed by atoms with van der Waals surface area (Å²) in [6, 6.07) is 8.00. The van der Waals surface area contributed by atoms with E-state index in [-0.39, 0.29) is 18.2 Å². The Bertz CT molecular complexity index is 474. The molecule has 1 amide bonds. The van der Waals surface area contributed by atoms with Crippen LogP contribution < -0.4 is 11.1 Å². The monoisotopic (exact) mass is 261 g/mol. The molecule has 0 aliphatic carbocycles. The van der Waals surface area contributed by atoms with Gasteiger partial charge in [0.15, 0.2) is 0 Å². The number of hydrogen-bond acceptors (Lipinski definition) is 4. The van der Waals surface area contributed by atoms with Crippen LogP contribution in [0.3, 0.4) is 0 Å². The van der Waals surface area contributed by atoms with Crippen LogP contribution in [0.2, 0.25) is 0 Å². The number of nitrogens with one attached hydrogen (secondary N) is 1. The molecule has 4 N–H and O–H groups in total. The van der Waals surface area contributed by atoms with Crippen molar-refractivity contribution in [3.63, 3.8) is 0 Å². The third-order valence-corrected chi connectivity index (χ3v) is 2.74. The third kappa shape index (κ3) is 4.98. The smallest absolute Gasteiger partial charge is 0.237 e. The number of phenolic OH excluding ortho intramolecular Hbond substituents is 1. The molecule has 0 aromatic heterocycles. The van der Waals surface area contributed by atoms with E-state index < -0.39 is 11.5 Å². The van der Waals surface area contributed by atoms with Crippen molar-refractivity contribution >= 4 is 5.91 Å². The molecule has 0 aliphatic rings. The van der Waals surface area contributed by atoms with E-state index in [0.29, 0.717) is 6.42 Å². The number of nitriles is 1. The molecule has 0 saturated carbocycles. The lowest BCUT2D eigenvalue weighted by molar-refractivity contribution is -0.122. The van der Waals surface area contributed by atoms with E-state index >= 15 is 0 Å². The molecule has 0 spiro atoms. The van der Waals surface area contributed by atoms with Crippen molar-refractivity contribution < 1.29 is 9.90 Å². The number of hydrogen-bond donors (Lipinski definition) is 3. The average Bonchev–Trinajstić information content (AvgIpc) is 2.38. The van der Waals surface area contributed by atoms with Gasteiger partial charge in [0.2, 0.25) is 5.91 Å². The van der Waals surface area contributed by atoms with Gasteiger partial charge in [-0.3, -0.25) is 4.79 Å². The summed E-state index contributed by atoms with van der Waals surface area (Å²) >= 11 is 0. The Hall–Kier alpha value is -2.06. The maximum Gasteiger partial charge on any atom is 0.237 e. The molecule has 1 rings (SSSR count). The molecule has 0 unspecified atom stereocenters. The molecule has 0 aliphatic heterocycles. The number of nitrogens with two attached hydrogens (primary N) is 1. The number of benzene rings is 1. The Morgan fingerprint density at radius 1 is 1.47 bits per heavy atom. The Balaban J connectivity index is 2.49. The topological polar surface area (TPSA) is 99.1 Å². The maximum absolute atomic E-state index is 11.8. The molecule has 1 aromatic rings. The minimum atomic E-state index is -0.668. The second-order valence-electron chi connectivity index (χ2n) is 5.19. The molecule has 0 radical (unpaired) electrons. The lowest BCUT2D eigenvalue weighted by Crippen LogP contribution is -2.44. The summed E-state index contributed by atoms with van der Waals surface area (Å²) in [5, 5.41) is 20.7.